The van der Waals surface area contributed by atoms with E-state index in [1.54, 1.807) is 0 Å². The van der Waals surface area contributed by atoms with E-state index < -0.39 is 0 Å². The van der Waals surface area contributed by atoms with Gasteiger partial charge in [-0.3, -0.25) is 9.59 Å². The Hall–Kier alpha value is -3.02. The second-order valence-corrected chi connectivity index (χ2v) is 8.79. The van der Waals surface area contributed by atoms with Gasteiger partial charge in [-0.05, 0) is 49.6 Å². The predicted octanol–water partition coefficient (Wildman–Crippen LogP) is 3.44. The first-order chi connectivity index (χ1) is 15.1. The van der Waals surface area contributed by atoms with E-state index in [4.69, 9.17) is 0 Å². The summed E-state index contributed by atoms with van der Waals surface area (Å²) in [5.41, 5.74) is 3.48. The summed E-state index contributed by atoms with van der Waals surface area (Å²) in [4.78, 5) is 34.8. The van der Waals surface area contributed by atoms with Gasteiger partial charge in [0, 0.05) is 51.0 Å². The quantitative estimate of drug-likeness (QED) is 0.750. The summed E-state index contributed by atoms with van der Waals surface area (Å²) < 4.78 is 0. The summed E-state index contributed by atoms with van der Waals surface area (Å²) in [6, 6.07) is 16.0. The van der Waals surface area contributed by atoms with Crippen LogP contribution in [0.1, 0.15) is 46.4 Å². The monoisotopic (exact) mass is 418 g/mol. The molecule has 5 rings (SSSR count). The Balaban J connectivity index is 1.33. The summed E-state index contributed by atoms with van der Waals surface area (Å²) >= 11 is 0. The van der Waals surface area contributed by atoms with Crippen LogP contribution in [-0.2, 0) is 0 Å². The highest BCUT2D eigenvalue weighted by atomic mass is 16.2. The third-order valence-corrected chi connectivity index (χ3v) is 6.97. The number of rotatable bonds is 2. The lowest BCUT2D eigenvalue weighted by Gasteiger charge is -2.43. The molecular weight excluding hydrogens is 388 g/mol. The van der Waals surface area contributed by atoms with Crippen molar-refractivity contribution in [3.8, 4) is 0 Å². The van der Waals surface area contributed by atoms with Crippen molar-refractivity contribution in [2.24, 2.45) is 0 Å². The molecule has 3 heterocycles. The summed E-state index contributed by atoms with van der Waals surface area (Å²) in [5.74, 6) is 0.162. The topological polar surface area (TPSA) is 47.1 Å². The molecule has 2 saturated heterocycles. The third-order valence-electron chi connectivity index (χ3n) is 6.97. The minimum Gasteiger partial charge on any atom is -0.368 e. The van der Waals surface area contributed by atoms with Crippen LogP contribution in [0.4, 0.5) is 11.4 Å². The van der Waals surface area contributed by atoms with E-state index in [-0.39, 0.29) is 18.0 Å². The molecule has 0 spiro atoms. The predicted molar refractivity (Wildman–Crippen MR) is 123 cm³/mol. The van der Waals surface area contributed by atoms with Gasteiger partial charge in [0.2, 0.25) is 0 Å². The van der Waals surface area contributed by atoms with Gasteiger partial charge in [-0.25, -0.2) is 0 Å². The van der Waals surface area contributed by atoms with E-state index in [9.17, 15) is 9.59 Å². The van der Waals surface area contributed by atoms with Crippen LogP contribution < -0.4 is 9.80 Å². The second-order valence-electron chi connectivity index (χ2n) is 8.79. The number of benzene rings is 2. The van der Waals surface area contributed by atoms with Gasteiger partial charge in [-0.15, -0.1) is 0 Å². The van der Waals surface area contributed by atoms with Gasteiger partial charge >= 0.3 is 0 Å². The van der Waals surface area contributed by atoms with Crippen LogP contribution in [-0.4, -0.2) is 67.6 Å². The average molecular weight is 419 g/mol. The summed E-state index contributed by atoms with van der Waals surface area (Å²) in [6.07, 6.45) is 4.46. The lowest BCUT2D eigenvalue weighted by atomic mass is 10.0. The van der Waals surface area contributed by atoms with Crippen molar-refractivity contribution in [2.75, 3.05) is 49.6 Å². The summed E-state index contributed by atoms with van der Waals surface area (Å²) in [6.45, 7) is 3.89. The Labute approximate surface area is 184 Å². The van der Waals surface area contributed by atoms with Gasteiger partial charge in [-0.1, -0.05) is 24.6 Å². The third kappa shape index (κ3) is 3.64. The van der Waals surface area contributed by atoms with Gasteiger partial charge in [0.05, 0.1) is 11.3 Å². The summed E-state index contributed by atoms with van der Waals surface area (Å²) in [7, 11) is 2.06. The normalized spacial score (nSPS) is 21.5. The smallest absolute Gasteiger partial charge is 0.257 e. The van der Waals surface area contributed by atoms with Crippen LogP contribution in [0, 0.1) is 0 Å². The van der Waals surface area contributed by atoms with Crippen LogP contribution in [0.5, 0.6) is 0 Å². The van der Waals surface area contributed by atoms with Crippen LogP contribution in [0.15, 0.2) is 48.5 Å². The number of anilines is 2. The highest BCUT2D eigenvalue weighted by Crippen LogP contribution is 2.34. The lowest BCUT2D eigenvalue weighted by molar-refractivity contribution is 0.0659. The number of nitrogens with zero attached hydrogens (tertiary/aromatic N) is 4. The Bertz CT molecular complexity index is 969. The van der Waals surface area contributed by atoms with Crippen LogP contribution in [0.25, 0.3) is 0 Å². The average Bonchev–Trinajstić information content (AvgIpc) is 3.09. The van der Waals surface area contributed by atoms with Gasteiger partial charge in [-0.2, -0.15) is 0 Å². The molecule has 3 aliphatic rings. The number of piperazine rings is 1. The highest BCUT2D eigenvalue weighted by molar-refractivity contribution is 6.04. The standard InChI is InChI=1S/C25H30N4O2/c1-26-22-18-19(11-12-21(22)25(31)29-13-7-3-6-10-23(26)29)24(30)28-16-14-27(15-17-28)20-8-4-2-5-9-20/h2,4-5,8-9,11-12,18,23H,3,6-7,10,13-17H2,1H3/t23-/m0/s1. The lowest BCUT2D eigenvalue weighted by Crippen LogP contribution is -2.53. The fraction of sp³-hybridized carbons (Fsp3) is 0.440. The summed E-state index contributed by atoms with van der Waals surface area (Å²) in [5, 5.41) is 0. The molecule has 1 atom stereocenters. The maximum absolute atomic E-state index is 13.2. The minimum absolute atomic E-state index is 0.0552. The molecule has 2 fully saturated rings. The highest BCUT2D eigenvalue weighted by Gasteiger charge is 2.36. The van der Waals surface area contributed by atoms with E-state index in [1.165, 1.54) is 12.1 Å². The number of hydrogen-bond donors (Lipinski definition) is 0. The fourth-order valence-electron chi connectivity index (χ4n) is 5.17. The van der Waals surface area contributed by atoms with Crippen LogP contribution >= 0.6 is 0 Å². The van der Waals surface area contributed by atoms with E-state index in [1.807, 2.05) is 46.2 Å². The molecule has 0 bridgehead atoms. The Morgan fingerprint density at radius 1 is 0.903 bits per heavy atom. The van der Waals surface area contributed by atoms with Crippen molar-refractivity contribution in [1.29, 1.82) is 0 Å². The van der Waals surface area contributed by atoms with E-state index >= 15 is 0 Å². The van der Waals surface area contributed by atoms with E-state index in [0.29, 0.717) is 24.2 Å². The number of fused-ring (bicyclic) bond motifs is 2. The van der Waals surface area contributed by atoms with E-state index in [2.05, 4.69) is 29.0 Å². The largest absolute Gasteiger partial charge is 0.368 e. The molecule has 162 valence electrons. The molecular formula is C25H30N4O2. The molecule has 0 N–H and O–H groups in total. The van der Waals surface area contributed by atoms with Gasteiger partial charge in [0.15, 0.2) is 0 Å². The minimum atomic E-state index is 0.0552. The van der Waals surface area contributed by atoms with Crippen molar-refractivity contribution in [1.82, 2.24) is 9.80 Å². The fourth-order valence-corrected chi connectivity index (χ4v) is 5.17. The van der Waals surface area contributed by atoms with Gasteiger partial charge < -0.3 is 19.6 Å². The molecule has 0 saturated carbocycles. The first-order valence-corrected chi connectivity index (χ1v) is 11.4. The second kappa shape index (κ2) is 8.25. The molecule has 31 heavy (non-hydrogen) atoms. The van der Waals surface area contributed by atoms with Gasteiger partial charge in [0.25, 0.3) is 11.8 Å². The molecule has 2 aromatic carbocycles. The number of hydrogen-bond acceptors (Lipinski definition) is 4. The molecule has 0 aromatic heterocycles. The molecule has 2 amide bonds. The molecule has 0 unspecified atom stereocenters. The maximum Gasteiger partial charge on any atom is 0.257 e. The molecule has 0 radical (unpaired) electrons. The zero-order chi connectivity index (χ0) is 21.4. The molecule has 6 nitrogen and oxygen atoms in total. The zero-order valence-electron chi connectivity index (χ0n) is 18.2. The van der Waals surface area contributed by atoms with Crippen molar-refractivity contribution < 1.29 is 9.59 Å². The van der Waals surface area contributed by atoms with E-state index in [0.717, 1.165) is 44.6 Å². The van der Waals surface area contributed by atoms with Crippen molar-refractivity contribution in [3.05, 3.63) is 59.7 Å². The molecule has 3 aliphatic heterocycles. The Morgan fingerprint density at radius 2 is 1.68 bits per heavy atom. The molecule has 6 heteroatoms. The van der Waals surface area contributed by atoms with Crippen molar-refractivity contribution >= 4 is 23.2 Å². The zero-order valence-corrected chi connectivity index (χ0v) is 18.2. The molecule has 2 aromatic rings. The Morgan fingerprint density at radius 3 is 2.45 bits per heavy atom. The number of carbonyl (C=O) groups is 2. The molecule has 0 aliphatic carbocycles. The first kappa shape index (κ1) is 19.9. The van der Waals surface area contributed by atoms with Crippen LogP contribution in [0.2, 0.25) is 0 Å². The number of amides is 2. The SMILES string of the molecule is CN1c2cc(C(=O)N3CCN(c4ccccc4)CC3)ccc2C(=O)N2CCCCC[C@H]21. The van der Waals surface area contributed by atoms with Crippen molar-refractivity contribution in [3.63, 3.8) is 0 Å². The van der Waals surface area contributed by atoms with Crippen molar-refractivity contribution in [2.45, 2.75) is 31.8 Å². The Kier molecular flexibility index (Phi) is 5.30. The number of para-hydroxylation sites is 1. The maximum atomic E-state index is 13.2. The van der Waals surface area contributed by atoms with Crippen LogP contribution in [0.3, 0.4) is 0 Å². The first-order valence-electron chi connectivity index (χ1n) is 11.4. The number of carbonyl (C=O) groups excluding carboxylic acids is 2. The van der Waals surface area contributed by atoms with Gasteiger partial charge in [0.1, 0.15) is 6.17 Å².